The van der Waals surface area contributed by atoms with Crippen molar-refractivity contribution < 1.29 is 14.3 Å². The molecule has 3 aromatic rings. The number of anilines is 2. The fourth-order valence-corrected chi connectivity index (χ4v) is 3.49. The van der Waals surface area contributed by atoms with Gasteiger partial charge in [0, 0.05) is 32.1 Å². The van der Waals surface area contributed by atoms with Crippen molar-refractivity contribution in [1.82, 2.24) is 15.1 Å². The largest absolute Gasteiger partial charge is 0.489 e. The summed E-state index contributed by atoms with van der Waals surface area (Å²) in [5.41, 5.74) is 2.98. The average Bonchev–Trinajstić information content (AvgIpc) is 3.19. The Morgan fingerprint density at radius 2 is 2.14 bits per heavy atom. The molecule has 0 spiro atoms. The topological polar surface area (TPSA) is 90.6 Å². The van der Waals surface area contributed by atoms with Crippen LogP contribution >= 0.6 is 0 Å². The summed E-state index contributed by atoms with van der Waals surface area (Å²) in [5, 5.41) is 10.7. The number of hydrogen-bond acceptors (Lipinski definition) is 5. The van der Waals surface area contributed by atoms with Crippen LogP contribution in [0.25, 0.3) is 10.9 Å². The summed E-state index contributed by atoms with van der Waals surface area (Å²) in [6, 6.07) is 10.9. The Kier molecular flexibility index (Phi) is 4.84. The second-order valence-corrected chi connectivity index (χ2v) is 7.35. The lowest BCUT2D eigenvalue weighted by atomic mass is 10.1. The van der Waals surface area contributed by atoms with E-state index in [4.69, 9.17) is 4.74 Å². The number of carbonyl (C=O) groups excluding carboxylic acids is 2. The van der Waals surface area contributed by atoms with Gasteiger partial charge in [-0.15, -0.1) is 0 Å². The minimum Gasteiger partial charge on any atom is -0.489 e. The molecule has 0 saturated carbocycles. The van der Waals surface area contributed by atoms with E-state index in [2.05, 4.69) is 15.5 Å². The first-order chi connectivity index (χ1) is 13.9. The Bertz CT molecular complexity index is 1080. The number of nitrogens with one attached hydrogen (secondary N) is 2. The molecule has 1 aromatic heterocycles. The molecule has 29 heavy (non-hydrogen) atoms. The zero-order valence-corrected chi connectivity index (χ0v) is 16.6. The predicted molar refractivity (Wildman–Crippen MR) is 111 cm³/mol. The number of ether oxygens (including phenoxy) is 1. The van der Waals surface area contributed by atoms with Crippen LogP contribution in [0, 0.1) is 0 Å². The molecule has 1 unspecified atom stereocenters. The molecule has 0 saturated heterocycles. The number of rotatable bonds is 4. The lowest BCUT2D eigenvalue weighted by Gasteiger charge is -2.35. The highest BCUT2D eigenvalue weighted by Crippen LogP contribution is 2.35. The Morgan fingerprint density at radius 1 is 1.31 bits per heavy atom. The van der Waals surface area contributed by atoms with Gasteiger partial charge < -0.3 is 19.9 Å². The maximum Gasteiger partial charge on any atom is 0.253 e. The molecule has 1 aliphatic heterocycles. The van der Waals surface area contributed by atoms with Crippen LogP contribution in [0.3, 0.4) is 0 Å². The molecule has 2 heterocycles. The van der Waals surface area contributed by atoms with Crippen molar-refractivity contribution in [2.24, 2.45) is 0 Å². The number of likely N-dealkylation sites (N-methyl/N-ethyl adjacent to an activating group) is 1. The molecule has 0 radical (unpaired) electrons. The van der Waals surface area contributed by atoms with Crippen LogP contribution in [0.5, 0.6) is 5.75 Å². The molecule has 8 nitrogen and oxygen atoms in total. The normalized spacial score (nSPS) is 15.6. The van der Waals surface area contributed by atoms with Crippen LogP contribution in [0.1, 0.15) is 16.8 Å². The van der Waals surface area contributed by atoms with Crippen molar-refractivity contribution in [2.75, 3.05) is 38.0 Å². The predicted octanol–water partition coefficient (Wildman–Crippen LogP) is 2.49. The zero-order chi connectivity index (χ0) is 20.5. The van der Waals surface area contributed by atoms with E-state index in [1.165, 1.54) is 4.90 Å². The Labute approximate surface area is 168 Å². The summed E-state index contributed by atoms with van der Waals surface area (Å²) < 4.78 is 5.85. The van der Waals surface area contributed by atoms with E-state index in [1.54, 1.807) is 32.4 Å². The van der Waals surface area contributed by atoms with Crippen molar-refractivity contribution in [3.63, 3.8) is 0 Å². The van der Waals surface area contributed by atoms with E-state index in [1.807, 2.05) is 36.2 Å². The van der Waals surface area contributed by atoms with E-state index in [9.17, 15) is 9.59 Å². The third-order valence-electron chi connectivity index (χ3n) is 5.15. The van der Waals surface area contributed by atoms with Crippen molar-refractivity contribution in [2.45, 2.75) is 12.5 Å². The number of fused-ring (bicyclic) bond motifs is 2. The Morgan fingerprint density at radius 3 is 2.93 bits per heavy atom. The van der Waals surface area contributed by atoms with Gasteiger partial charge in [-0.3, -0.25) is 14.7 Å². The fourth-order valence-electron chi connectivity index (χ4n) is 3.49. The fraction of sp³-hybridized carbons (Fsp3) is 0.286. The first-order valence-corrected chi connectivity index (χ1v) is 9.37. The lowest BCUT2D eigenvalue weighted by Crippen LogP contribution is -2.42. The molecule has 0 bridgehead atoms. The molecule has 8 heteroatoms. The Hall–Kier alpha value is -3.55. The number of benzene rings is 2. The average molecular weight is 393 g/mol. The zero-order valence-electron chi connectivity index (χ0n) is 16.6. The minimum atomic E-state index is -0.143. The van der Waals surface area contributed by atoms with Crippen molar-refractivity contribution >= 4 is 34.1 Å². The molecule has 0 aliphatic carbocycles. The van der Waals surface area contributed by atoms with Crippen molar-refractivity contribution in [1.29, 1.82) is 0 Å². The first kappa shape index (κ1) is 18.8. The third kappa shape index (κ3) is 3.61. The minimum absolute atomic E-state index is 0.0747. The number of amides is 2. The first-order valence-electron chi connectivity index (χ1n) is 9.37. The van der Waals surface area contributed by atoms with Crippen molar-refractivity contribution in [3.8, 4) is 5.75 Å². The highest BCUT2D eigenvalue weighted by Gasteiger charge is 2.28. The van der Waals surface area contributed by atoms with Gasteiger partial charge in [0.05, 0.1) is 35.6 Å². The standard InChI is InChI=1S/C21H23N5O3/c1-25(2)21(28)13-7-8-19-18(9-13)26(3)14(12-29-19)10-20(27)23-16-5-4-6-17-15(16)11-22-24-17/h4-9,11,14H,10,12H2,1-3H3,(H,22,24)(H,23,27). The van der Waals surface area contributed by atoms with Gasteiger partial charge in [0.15, 0.2) is 0 Å². The van der Waals surface area contributed by atoms with Crippen LogP contribution in [-0.4, -0.2) is 60.7 Å². The van der Waals surface area contributed by atoms with Crippen LogP contribution in [0.15, 0.2) is 42.6 Å². The summed E-state index contributed by atoms with van der Waals surface area (Å²) in [7, 11) is 5.35. The second-order valence-electron chi connectivity index (χ2n) is 7.35. The summed E-state index contributed by atoms with van der Waals surface area (Å²) in [6.45, 7) is 0.397. The molecule has 2 amide bonds. The molecule has 0 fully saturated rings. The van der Waals surface area contributed by atoms with Gasteiger partial charge in [-0.05, 0) is 30.3 Å². The van der Waals surface area contributed by atoms with Gasteiger partial charge in [-0.1, -0.05) is 6.07 Å². The van der Waals surface area contributed by atoms with Gasteiger partial charge in [0.1, 0.15) is 12.4 Å². The molecular weight excluding hydrogens is 370 g/mol. The number of nitrogens with zero attached hydrogens (tertiary/aromatic N) is 3. The second kappa shape index (κ2) is 7.46. The summed E-state index contributed by atoms with van der Waals surface area (Å²) in [4.78, 5) is 28.5. The van der Waals surface area contributed by atoms with E-state index in [0.717, 1.165) is 22.3 Å². The van der Waals surface area contributed by atoms with Gasteiger partial charge in [-0.2, -0.15) is 5.10 Å². The smallest absolute Gasteiger partial charge is 0.253 e. The highest BCUT2D eigenvalue weighted by molar-refractivity contribution is 6.01. The highest BCUT2D eigenvalue weighted by atomic mass is 16.5. The maximum atomic E-state index is 12.7. The monoisotopic (exact) mass is 393 g/mol. The SMILES string of the molecule is CN(C)C(=O)c1ccc2c(c1)N(C)C(CC(=O)Nc1cccc3[nH]ncc13)CO2. The quantitative estimate of drug-likeness (QED) is 0.711. The summed E-state index contributed by atoms with van der Waals surface area (Å²) in [5.74, 6) is 0.528. The van der Waals surface area contributed by atoms with E-state index < -0.39 is 0 Å². The molecule has 1 atom stereocenters. The number of aromatic nitrogens is 2. The van der Waals surface area contributed by atoms with Crippen LogP contribution in [0.4, 0.5) is 11.4 Å². The molecule has 2 aromatic carbocycles. The van der Waals surface area contributed by atoms with E-state index in [-0.39, 0.29) is 24.3 Å². The van der Waals surface area contributed by atoms with Crippen molar-refractivity contribution in [3.05, 3.63) is 48.2 Å². The van der Waals surface area contributed by atoms with Gasteiger partial charge in [-0.25, -0.2) is 0 Å². The number of aromatic amines is 1. The van der Waals surface area contributed by atoms with E-state index in [0.29, 0.717) is 17.9 Å². The molecule has 150 valence electrons. The lowest BCUT2D eigenvalue weighted by molar-refractivity contribution is -0.116. The van der Waals surface area contributed by atoms with Crippen LogP contribution < -0.4 is 15.0 Å². The van der Waals surface area contributed by atoms with Gasteiger partial charge in [0.25, 0.3) is 5.91 Å². The maximum absolute atomic E-state index is 12.7. The molecule has 2 N–H and O–H groups in total. The molecule has 1 aliphatic rings. The van der Waals surface area contributed by atoms with Gasteiger partial charge >= 0.3 is 0 Å². The third-order valence-corrected chi connectivity index (χ3v) is 5.15. The number of hydrogen-bond donors (Lipinski definition) is 2. The van der Waals surface area contributed by atoms with Crippen LogP contribution in [0.2, 0.25) is 0 Å². The summed E-state index contributed by atoms with van der Waals surface area (Å²) in [6.07, 6.45) is 1.95. The number of carbonyl (C=O) groups is 2. The van der Waals surface area contributed by atoms with Gasteiger partial charge in [0.2, 0.25) is 5.91 Å². The van der Waals surface area contributed by atoms with Crippen LogP contribution in [-0.2, 0) is 4.79 Å². The Balaban J connectivity index is 1.49. The van der Waals surface area contributed by atoms with E-state index >= 15 is 0 Å². The summed E-state index contributed by atoms with van der Waals surface area (Å²) >= 11 is 0. The number of H-pyrrole nitrogens is 1. The molecular formula is C21H23N5O3. The molecule has 4 rings (SSSR count).